The number of ether oxygens (including phenoxy) is 3. The average molecular weight is 640 g/mol. The molecule has 0 aliphatic carbocycles. The van der Waals surface area contributed by atoms with Crippen LogP contribution in [0, 0.1) is 0 Å². The van der Waals surface area contributed by atoms with E-state index in [1.165, 1.54) is 26.0 Å². The molecule has 0 heterocycles. The highest BCUT2D eigenvalue weighted by atomic mass is 32.2. The first-order valence-corrected chi connectivity index (χ1v) is 15.2. The van der Waals surface area contributed by atoms with E-state index in [-0.39, 0.29) is 24.0 Å². The van der Waals surface area contributed by atoms with Crippen LogP contribution in [-0.2, 0) is 14.3 Å². The lowest BCUT2D eigenvalue weighted by Crippen LogP contribution is -2.30. The Morgan fingerprint density at radius 1 is 0.739 bits per heavy atom. The van der Waals surface area contributed by atoms with Crippen molar-refractivity contribution in [2.75, 3.05) is 37.2 Å². The maximum absolute atomic E-state index is 13.5. The summed E-state index contributed by atoms with van der Waals surface area (Å²) < 4.78 is 15.7. The standard InChI is InChI=1S/C35H33N3O7S/c1-4-45-35(42)25-14-16-26(17-15-25)36-32(39)22-46-28-12-8-11-27(21-28)37-34(41)29(38-33(40)24-9-6-5-7-10-24)19-23-13-18-30(43-2)31(20-23)44-3/h5-21H,4,22H2,1-3H3,(H,36,39)(H,37,41)(H,38,40)/b29-19+. The van der Waals surface area contributed by atoms with Gasteiger partial charge < -0.3 is 30.2 Å². The van der Waals surface area contributed by atoms with Gasteiger partial charge >= 0.3 is 5.97 Å². The average Bonchev–Trinajstić information content (AvgIpc) is 3.08. The first-order chi connectivity index (χ1) is 22.3. The molecule has 46 heavy (non-hydrogen) atoms. The Labute approximate surface area is 271 Å². The molecule has 0 atom stereocenters. The topological polar surface area (TPSA) is 132 Å². The first-order valence-electron chi connectivity index (χ1n) is 14.2. The number of esters is 1. The summed E-state index contributed by atoms with van der Waals surface area (Å²) >= 11 is 1.28. The molecule has 0 aliphatic heterocycles. The molecule has 0 aliphatic rings. The summed E-state index contributed by atoms with van der Waals surface area (Å²) in [5.41, 5.74) is 2.41. The summed E-state index contributed by atoms with van der Waals surface area (Å²) in [7, 11) is 3.04. The normalized spacial score (nSPS) is 10.8. The Hall–Kier alpha value is -5.55. The second-order valence-electron chi connectivity index (χ2n) is 9.61. The van der Waals surface area contributed by atoms with Gasteiger partial charge in [0.2, 0.25) is 5.91 Å². The zero-order valence-corrected chi connectivity index (χ0v) is 26.3. The molecule has 3 amide bonds. The quantitative estimate of drug-likeness (QED) is 0.0920. The fourth-order valence-electron chi connectivity index (χ4n) is 4.16. The van der Waals surface area contributed by atoms with Gasteiger partial charge in [-0.2, -0.15) is 0 Å². The van der Waals surface area contributed by atoms with E-state index in [2.05, 4.69) is 16.0 Å². The van der Waals surface area contributed by atoms with Gasteiger partial charge in [-0.15, -0.1) is 11.8 Å². The number of carbonyl (C=O) groups is 4. The van der Waals surface area contributed by atoms with Gasteiger partial charge in [-0.25, -0.2) is 4.79 Å². The predicted molar refractivity (Wildman–Crippen MR) is 178 cm³/mol. The lowest BCUT2D eigenvalue weighted by molar-refractivity contribution is -0.114. The SMILES string of the molecule is CCOC(=O)c1ccc(NC(=O)CSc2cccc(NC(=O)/C(=C\c3ccc(OC)c(OC)c3)NC(=O)c3ccccc3)c2)cc1. The maximum Gasteiger partial charge on any atom is 0.338 e. The van der Waals surface area contributed by atoms with E-state index in [4.69, 9.17) is 14.2 Å². The van der Waals surface area contributed by atoms with Crippen molar-refractivity contribution in [2.45, 2.75) is 11.8 Å². The van der Waals surface area contributed by atoms with Crippen LogP contribution in [0.15, 0.2) is 108 Å². The molecule has 0 saturated heterocycles. The Morgan fingerprint density at radius 2 is 1.48 bits per heavy atom. The van der Waals surface area contributed by atoms with E-state index < -0.39 is 17.8 Å². The van der Waals surface area contributed by atoms with E-state index in [0.29, 0.717) is 39.6 Å². The summed E-state index contributed by atoms with van der Waals surface area (Å²) in [6.07, 6.45) is 1.54. The van der Waals surface area contributed by atoms with Crippen LogP contribution in [0.25, 0.3) is 6.08 Å². The minimum Gasteiger partial charge on any atom is -0.493 e. The number of thioether (sulfide) groups is 1. The molecule has 3 N–H and O–H groups in total. The number of methoxy groups -OCH3 is 2. The van der Waals surface area contributed by atoms with Gasteiger partial charge in [0.15, 0.2) is 11.5 Å². The third-order valence-electron chi connectivity index (χ3n) is 6.39. The molecule has 236 valence electrons. The number of hydrogen-bond acceptors (Lipinski definition) is 8. The maximum atomic E-state index is 13.5. The van der Waals surface area contributed by atoms with Crippen LogP contribution in [0.4, 0.5) is 11.4 Å². The predicted octanol–water partition coefficient (Wildman–Crippen LogP) is 6.02. The third kappa shape index (κ3) is 9.47. The number of hydrogen-bond donors (Lipinski definition) is 3. The van der Waals surface area contributed by atoms with E-state index >= 15 is 0 Å². The fourth-order valence-corrected chi connectivity index (χ4v) is 4.92. The van der Waals surface area contributed by atoms with Crippen molar-refractivity contribution in [3.8, 4) is 11.5 Å². The molecule has 0 spiro atoms. The number of nitrogens with one attached hydrogen (secondary N) is 3. The van der Waals surface area contributed by atoms with Gasteiger partial charge in [-0.3, -0.25) is 14.4 Å². The highest BCUT2D eigenvalue weighted by Crippen LogP contribution is 2.29. The van der Waals surface area contributed by atoms with Gasteiger partial charge in [0, 0.05) is 21.8 Å². The fraction of sp³-hybridized carbons (Fsp3) is 0.143. The van der Waals surface area contributed by atoms with Gasteiger partial charge in [-0.1, -0.05) is 30.3 Å². The molecule has 0 unspecified atom stereocenters. The van der Waals surface area contributed by atoms with Crippen molar-refractivity contribution in [1.29, 1.82) is 0 Å². The van der Waals surface area contributed by atoms with Crippen molar-refractivity contribution in [3.63, 3.8) is 0 Å². The van der Waals surface area contributed by atoms with Crippen LogP contribution in [0.5, 0.6) is 11.5 Å². The minimum absolute atomic E-state index is 0.00693. The Bertz CT molecular complexity index is 1720. The summed E-state index contributed by atoms with van der Waals surface area (Å²) in [5.74, 6) is -0.577. The van der Waals surface area contributed by atoms with Crippen LogP contribution in [0.3, 0.4) is 0 Å². The molecule has 4 rings (SSSR count). The number of benzene rings is 4. The number of anilines is 2. The number of rotatable bonds is 13. The molecule has 0 saturated carbocycles. The first kappa shape index (κ1) is 33.3. The minimum atomic E-state index is -0.551. The largest absolute Gasteiger partial charge is 0.493 e. The van der Waals surface area contributed by atoms with Crippen molar-refractivity contribution in [3.05, 3.63) is 119 Å². The molecule has 4 aromatic carbocycles. The molecule has 10 nitrogen and oxygen atoms in total. The highest BCUT2D eigenvalue weighted by molar-refractivity contribution is 8.00. The van der Waals surface area contributed by atoms with E-state index in [9.17, 15) is 19.2 Å². The lowest BCUT2D eigenvalue weighted by atomic mass is 10.1. The summed E-state index contributed by atoms with van der Waals surface area (Å²) in [6.45, 7) is 2.01. The van der Waals surface area contributed by atoms with E-state index in [0.717, 1.165) is 4.90 Å². The number of carbonyl (C=O) groups excluding carboxylic acids is 4. The van der Waals surface area contributed by atoms with E-state index in [1.807, 2.05) is 6.07 Å². The summed E-state index contributed by atoms with van der Waals surface area (Å²) in [5, 5.41) is 8.34. The van der Waals surface area contributed by atoms with Crippen LogP contribution in [0.1, 0.15) is 33.2 Å². The van der Waals surface area contributed by atoms with Crippen LogP contribution < -0.4 is 25.4 Å². The van der Waals surface area contributed by atoms with Gasteiger partial charge in [0.25, 0.3) is 11.8 Å². The molecule has 4 aromatic rings. The van der Waals surface area contributed by atoms with Gasteiger partial charge in [0.05, 0.1) is 32.1 Å². The molecule has 0 fully saturated rings. The molecular weight excluding hydrogens is 606 g/mol. The van der Waals surface area contributed by atoms with Crippen LogP contribution in [0.2, 0.25) is 0 Å². The molecule has 0 aromatic heterocycles. The molecule has 0 bridgehead atoms. The second-order valence-corrected chi connectivity index (χ2v) is 10.7. The molecule has 0 radical (unpaired) electrons. The van der Waals surface area contributed by atoms with Crippen molar-refractivity contribution >= 4 is 52.9 Å². The summed E-state index contributed by atoms with van der Waals surface area (Å²) in [6, 6.07) is 27.1. The van der Waals surface area contributed by atoms with Crippen molar-refractivity contribution in [2.24, 2.45) is 0 Å². The monoisotopic (exact) mass is 639 g/mol. The smallest absolute Gasteiger partial charge is 0.338 e. The van der Waals surface area contributed by atoms with Crippen molar-refractivity contribution < 1.29 is 33.4 Å². The lowest BCUT2D eigenvalue weighted by Gasteiger charge is -2.13. The van der Waals surface area contributed by atoms with Gasteiger partial charge in [-0.05, 0) is 85.3 Å². The van der Waals surface area contributed by atoms with E-state index in [1.54, 1.807) is 104 Å². The second kappa shape index (κ2) is 16.5. The molecular formula is C35H33N3O7S. The van der Waals surface area contributed by atoms with Crippen molar-refractivity contribution in [1.82, 2.24) is 5.32 Å². The Balaban J connectivity index is 1.44. The van der Waals surface area contributed by atoms with Gasteiger partial charge in [0.1, 0.15) is 5.70 Å². The van der Waals surface area contributed by atoms with Crippen LogP contribution >= 0.6 is 11.8 Å². The van der Waals surface area contributed by atoms with Crippen LogP contribution in [-0.4, -0.2) is 50.3 Å². The molecule has 11 heteroatoms. The summed E-state index contributed by atoms with van der Waals surface area (Å²) in [4.78, 5) is 51.6. The Kier molecular flexibility index (Phi) is 12.0. The highest BCUT2D eigenvalue weighted by Gasteiger charge is 2.16. The zero-order chi connectivity index (χ0) is 32.9. The zero-order valence-electron chi connectivity index (χ0n) is 25.5. The third-order valence-corrected chi connectivity index (χ3v) is 7.38. The number of amides is 3. The Morgan fingerprint density at radius 3 is 2.17 bits per heavy atom.